The van der Waals surface area contributed by atoms with Gasteiger partial charge in [0.1, 0.15) is 6.10 Å². The summed E-state index contributed by atoms with van der Waals surface area (Å²) >= 11 is 0. The molecule has 94 valence electrons. The summed E-state index contributed by atoms with van der Waals surface area (Å²) in [6.07, 6.45) is 7.25. The fourth-order valence-electron chi connectivity index (χ4n) is 4.50. The molecule has 1 aliphatic heterocycles. The first kappa shape index (κ1) is 11.3. The number of carbonyl (C=O) groups is 1. The second-order valence-electron chi connectivity index (χ2n) is 6.32. The number of carbonyl (C=O) groups excluding carboxylic acids is 1. The van der Waals surface area contributed by atoms with Crippen LogP contribution >= 0.6 is 0 Å². The first-order chi connectivity index (χ1) is 8.05. The van der Waals surface area contributed by atoms with Crippen molar-refractivity contribution >= 4 is 5.97 Å². The molecule has 3 aliphatic rings. The van der Waals surface area contributed by atoms with Gasteiger partial charge in [-0.1, -0.05) is 32.4 Å². The van der Waals surface area contributed by atoms with E-state index < -0.39 is 0 Å². The number of hydrogen-bond donors (Lipinski definition) is 0. The summed E-state index contributed by atoms with van der Waals surface area (Å²) in [6.45, 7) is 6.78. The fraction of sp³-hybridized carbons (Fsp3) is 0.800. The van der Waals surface area contributed by atoms with Crippen molar-refractivity contribution in [3.8, 4) is 0 Å². The van der Waals surface area contributed by atoms with Gasteiger partial charge in [0.05, 0.1) is 5.92 Å². The van der Waals surface area contributed by atoms with E-state index >= 15 is 0 Å². The van der Waals surface area contributed by atoms with Crippen molar-refractivity contribution in [3.63, 3.8) is 0 Å². The molecule has 5 atom stereocenters. The quantitative estimate of drug-likeness (QED) is 0.475. The van der Waals surface area contributed by atoms with Gasteiger partial charge in [-0.2, -0.15) is 0 Å². The van der Waals surface area contributed by atoms with Gasteiger partial charge in [-0.3, -0.25) is 4.79 Å². The van der Waals surface area contributed by atoms with E-state index in [1.54, 1.807) is 5.57 Å². The normalized spacial score (nSPS) is 49.1. The molecule has 2 fully saturated rings. The maximum atomic E-state index is 11.8. The van der Waals surface area contributed by atoms with Gasteiger partial charge in [0.25, 0.3) is 0 Å². The number of hydrogen-bond acceptors (Lipinski definition) is 2. The average Bonchev–Trinajstić information content (AvgIpc) is 2.58. The number of esters is 1. The van der Waals surface area contributed by atoms with Gasteiger partial charge in [-0.15, -0.1) is 0 Å². The van der Waals surface area contributed by atoms with E-state index in [-0.39, 0.29) is 23.4 Å². The SMILES string of the molecule is C[C@@H]1C(=O)O[C@H]2CCC3=CCC[C@H](C)[C@@]3(C)C21. The van der Waals surface area contributed by atoms with Crippen molar-refractivity contribution in [3.05, 3.63) is 11.6 Å². The molecule has 0 aromatic heterocycles. The fourth-order valence-corrected chi connectivity index (χ4v) is 4.50. The van der Waals surface area contributed by atoms with Crippen LogP contribution in [0.5, 0.6) is 0 Å². The van der Waals surface area contributed by atoms with E-state index in [4.69, 9.17) is 4.74 Å². The zero-order valence-corrected chi connectivity index (χ0v) is 11.0. The molecule has 2 aliphatic carbocycles. The monoisotopic (exact) mass is 234 g/mol. The largest absolute Gasteiger partial charge is 0.462 e. The van der Waals surface area contributed by atoms with Crippen LogP contribution < -0.4 is 0 Å². The summed E-state index contributed by atoms with van der Waals surface area (Å²) in [5, 5.41) is 0. The van der Waals surface area contributed by atoms with Crippen molar-refractivity contribution in [2.75, 3.05) is 0 Å². The van der Waals surface area contributed by atoms with Crippen LogP contribution in [0.2, 0.25) is 0 Å². The van der Waals surface area contributed by atoms with Crippen molar-refractivity contribution in [1.82, 2.24) is 0 Å². The lowest BCUT2D eigenvalue weighted by Crippen LogP contribution is -2.47. The zero-order valence-electron chi connectivity index (χ0n) is 11.0. The van der Waals surface area contributed by atoms with Gasteiger partial charge in [0, 0.05) is 5.92 Å². The lowest BCUT2D eigenvalue weighted by Gasteiger charge is -2.51. The molecule has 0 amide bonds. The molecule has 1 unspecified atom stereocenters. The smallest absolute Gasteiger partial charge is 0.309 e. The van der Waals surface area contributed by atoms with E-state index in [2.05, 4.69) is 26.8 Å². The molecule has 0 N–H and O–H groups in total. The Kier molecular flexibility index (Phi) is 2.39. The highest BCUT2D eigenvalue weighted by Gasteiger charge is 2.57. The number of allylic oxidation sites excluding steroid dienone is 2. The van der Waals surface area contributed by atoms with Gasteiger partial charge in [0.2, 0.25) is 0 Å². The van der Waals surface area contributed by atoms with Crippen LogP contribution in [0, 0.1) is 23.2 Å². The third-order valence-electron chi connectivity index (χ3n) is 5.68. The van der Waals surface area contributed by atoms with Crippen LogP contribution in [-0.4, -0.2) is 12.1 Å². The summed E-state index contributed by atoms with van der Waals surface area (Å²) in [4.78, 5) is 11.8. The van der Waals surface area contributed by atoms with Crippen LogP contribution in [0.15, 0.2) is 11.6 Å². The Balaban J connectivity index is 2.05. The maximum absolute atomic E-state index is 11.8. The molecule has 0 spiro atoms. The van der Waals surface area contributed by atoms with E-state index in [0.29, 0.717) is 11.8 Å². The number of rotatable bonds is 0. The second-order valence-corrected chi connectivity index (χ2v) is 6.32. The molecule has 0 radical (unpaired) electrons. The van der Waals surface area contributed by atoms with E-state index in [9.17, 15) is 4.79 Å². The summed E-state index contributed by atoms with van der Waals surface area (Å²) in [7, 11) is 0. The van der Waals surface area contributed by atoms with Crippen LogP contribution in [-0.2, 0) is 9.53 Å². The molecule has 1 saturated carbocycles. The number of ether oxygens (including phenoxy) is 1. The first-order valence-corrected chi connectivity index (χ1v) is 6.95. The predicted octanol–water partition coefficient (Wildman–Crippen LogP) is 3.32. The van der Waals surface area contributed by atoms with E-state index in [1.165, 1.54) is 12.8 Å². The van der Waals surface area contributed by atoms with Crippen LogP contribution in [0.1, 0.15) is 46.5 Å². The molecule has 2 heteroatoms. The minimum Gasteiger partial charge on any atom is -0.462 e. The predicted molar refractivity (Wildman–Crippen MR) is 66.4 cm³/mol. The second kappa shape index (κ2) is 3.60. The van der Waals surface area contributed by atoms with Gasteiger partial charge in [-0.25, -0.2) is 0 Å². The highest BCUT2D eigenvalue weighted by molar-refractivity contribution is 5.75. The van der Waals surface area contributed by atoms with Gasteiger partial charge in [0.15, 0.2) is 0 Å². The first-order valence-electron chi connectivity index (χ1n) is 6.95. The Morgan fingerprint density at radius 1 is 1.35 bits per heavy atom. The molecule has 0 aromatic carbocycles. The van der Waals surface area contributed by atoms with Crippen LogP contribution in [0.4, 0.5) is 0 Å². The zero-order chi connectivity index (χ0) is 12.2. The summed E-state index contributed by atoms with van der Waals surface area (Å²) in [6, 6.07) is 0. The maximum Gasteiger partial charge on any atom is 0.309 e. The molecule has 0 bridgehead atoms. The molecule has 1 heterocycles. The van der Waals surface area contributed by atoms with Crippen molar-refractivity contribution in [2.24, 2.45) is 23.2 Å². The van der Waals surface area contributed by atoms with E-state index in [0.717, 1.165) is 12.8 Å². The van der Waals surface area contributed by atoms with Gasteiger partial charge < -0.3 is 4.74 Å². The van der Waals surface area contributed by atoms with Gasteiger partial charge >= 0.3 is 5.97 Å². The number of fused-ring (bicyclic) bond motifs is 3. The highest BCUT2D eigenvalue weighted by atomic mass is 16.6. The molecule has 1 saturated heterocycles. The average molecular weight is 234 g/mol. The molecule has 2 nitrogen and oxygen atoms in total. The Hall–Kier alpha value is -0.790. The Morgan fingerprint density at radius 2 is 2.12 bits per heavy atom. The third kappa shape index (κ3) is 1.36. The topological polar surface area (TPSA) is 26.3 Å². The van der Waals surface area contributed by atoms with Crippen molar-refractivity contribution < 1.29 is 9.53 Å². The minimum atomic E-state index is 0.0280. The minimum absolute atomic E-state index is 0.0280. The van der Waals surface area contributed by atoms with E-state index in [1.807, 2.05) is 0 Å². The van der Waals surface area contributed by atoms with Crippen LogP contribution in [0.3, 0.4) is 0 Å². The summed E-state index contributed by atoms with van der Waals surface area (Å²) in [5.74, 6) is 1.19. The van der Waals surface area contributed by atoms with Gasteiger partial charge in [-0.05, 0) is 37.0 Å². The lowest BCUT2D eigenvalue weighted by atomic mass is 9.53. The standard InChI is InChI=1S/C15H22O2/c1-9-5-4-6-11-7-8-12-13(15(9,11)3)10(2)14(16)17-12/h6,9-10,12-13H,4-5,7-8H2,1-3H3/t9-,10-,12-,13?,15+/m0/s1. The Morgan fingerprint density at radius 3 is 2.88 bits per heavy atom. The molecular weight excluding hydrogens is 212 g/mol. The summed E-state index contributed by atoms with van der Waals surface area (Å²) in [5.41, 5.74) is 1.80. The Labute approximate surface area is 103 Å². The Bertz CT molecular complexity index is 384. The molecule has 3 rings (SSSR count). The lowest BCUT2D eigenvalue weighted by molar-refractivity contribution is -0.144. The molecule has 17 heavy (non-hydrogen) atoms. The highest BCUT2D eigenvalue weighted by Crippen LogP contribution is 2.58. The summed E-state index contributed by atoms with van der Waals surface area (Å²) < 4.78 is 5.57. The van der Waals surface area contributed by atoms with Crippen molar-refractivity contribution in [1.29, 1.82) is 0 Å². The molecular formula is C15H22O2. The van der Waals surface area contributed by atoms with Crippen LogP contribution in [0.25, 0.3) is 0 Å². The molecule has 0 aromatic rings. The van der Waals surface area contributed by atoms with Crippen molar-refractivity contribution in [2.45, 2.75) is 52.6 Å². The third-order valence-corrected chi connectivity index (χ3v) is 5.68.